The number of carbonyl (C=O) groups is 1. The Balaban J connectivity index is 1.46. The predicted octanol–water partition coefficient (Wildman–Crippen LogP) is 2.51. The quantitative estimate of drug-likeness (QED) is 0.654. The molecular weight excluding hydrogens is 308 g/mol. The van der Waals surface area contributed by atoms with Crippen molar-refractivity contribution in [3.63, 3.8) is 0 Å². The summed E-state index contributed by atoms with van der Waals surface area (Å²) in [6.07, 6.45) is 2.51. The Morgan fingerprint density at radius 1 is 1.21 bits per heavy atom. The van der Waals surface area contributed by atoms with Gasteiger partial charge in [-0.05, 0) is 47.9 Å². The minimum atomic E-state index is -0.327. The lowest BCUT2D eigenvalue weighted by atomic mass is 10.2. The fourth-order valence-electron chi connectivity index (χ4n) is 2.17. The first-order valence-corrected chi connectivity index (χ1v) is 7.68. The molecule has 1 aliphatic heterocycles. The summed E-state index contributed by atoms with van der Waals surface area (Å²) >= 11 is 0. The first-order valence-electron chi connectivity index (χ1n) is 7.68. The van der Waals surface area contributed by atoms with Crippen LogP contribution in [0.25, 0.3) is 0 Å². The minimum Gasteiger partial charge on any atom is -0.484 e. The first kappa shape index (κ1) is 15.9. The first-order chi connectivity index (χ1) is 11.7. The van der Waals surface area contributed by atoms with Gasteiger partial charge < -0.3 is 14.2 Å². The van der Waals surface area contributed by atoms with Gasteiger partial charge in [0.15, 0.2) is 18.1 Å². The fraction of sp³-hybridized carbons (Fsp3) is 0.222. The van der Waals surface area contributed by atoms with Gasteiger partial charge in [-0.2, -0.15) is 5.10 Å². The van der Waals surface area contributed by atoms with Crippen molar-refractivity contribution in [3.05, 3.63) is 53.6 Å². The van der Waals surface area contributed by atoms with Crippen LogP contribution in [0.4, 0.5) is 0 Å². The number of aryl methyl sites for hydroxylation is 1. The Morgan fingerprint density at radius 3 is 2.79 bits per heavy atom. The third-order valence-corrected chi connectivity index (χ3v) is 3.50. The van der Waals surface area contributed by atoms with Crippen LogP contribution in [-0.2, 0) is 11.2 Å². The number of amides is 1. The number of hydrazone groups is 1. The second kappa shape index (κ2) is 7.50. The molecule has 1 N–H and O–H groups in total. The number of rotatable bonds is 6. The monoisotopic (exact) mass is 326 g/mol. The molecule has 0 saturated heterocycles. The van der Waals surface area contributed by atoms with Crippen LogP contribution < -0.4 is 19.6 Å². The second-order valence-electron chi connectivity index (χ2n) is 5.19. The predicted molar refractivity (Wildman–Crippen MR) is 89.6 cm³/mol. The Hall–Kier alpha value is -3.02. The number of carbonyl (C=O) groups excluding carboxylic acids is 1. The molecular formula is C18H18N2O4. The van der Waals surface area contributed by atoms with Gasteiger partial charge in [0.05, 0.1) is 6.21 Å². The number of nitrogens with zero attached hydrogens (tertiary/aromatic N) is 1. The Morgan fingerprint density at radius 2 is 2.00 bits per heavy atom. The number of benzene rings is 2. The summed E-state index contributed by atoms with van der Waals surface area (Å²) < 4.78 is 15.9. The summed E-state index contributed by atoms with van der Waals surface area (Å²) in [7, 11) is 0. The lowest BCUT2D eigenvalue weighted by molar-refractivity contribution is -0.123. The van der Waals surface area contributed by atoms with Gasteiger partial charge in [-0.1, -0.05) is 19.1 Å². The second-order valence-corrected chi connectivity index (χ2v) is 5.19. The molecule has 0 aromatic heterocycles. The van der Waals surface area contributed by atoms with Gasteiger partial charge >= 0.3 is 0 Å². The van der Waals surface area contributed by atoms with Gasteiger partial charge in [0.2, 0.25) is 6.79 Å². The van der Waals surface area contributed by atoms with E-state index in [2.05, 4.69) is 17.5 Å². The molecule has 0 saturated carbocycles. The van der Waals surface area contributed by atoms with E-state index in [9.17, 15) is 4.79 Å². The van der Waals surface area contributed by atoms with Gasteiger partial charge in [0.25, 0.3) is 5.91 Å². The van der Waals surface area contributed by atoms with Crippen LogP contribution >= 0.6 is 0 Å². The Labute approximate surface area is 140 Å². The molecule has 2 aromatic carbocycles. The van der Waals surface area contributed by atoms with Crippen molar-refractivity contribution < 1.29 is 19.0 Å². The largest absolute Gasteiger partial charge is 0.484 e. The zero-order valence-corrected chi connectivity index (χ0v) is 13.3. The molecule has 6 heteroatoms. The van der Waals surface area contributed by atoms with Gasteiger partial charge in [-0.25, -0.2) is 5.43 Å². The molecule has 24 heavy (non-hydrogen) atoms. The summed E-state index contributed by atoms with van der Waals surface area (Å²) in [5.74, 6) is 1.71. The van der Waals surface area contributed by atoms with Crippen molar-refractivity contribution >= 4 is 12.1 Å². The van der Waals surface area contributed by atoms with Crippen molar-refractivity contribution in [1.29, 1.82) is 0 Å². The maximum atomic E-state index is 11.7. The molecule has 0 bridgehead atoms. The molecule has 0 radical (unpaired) electrons. The van der Waals surface area contributed by atoms with Crippen molar-refractivity contribution in [3.8, 4) is 17.2 Å². The van der Waals surface area contributed by atoms with E-state index in [1.54, 1.807) is 12.1 Å². The summed E-state index contributed by atoms with van der Waals surface area (Å²) in [6, 6.07) is 13.1. The van der Waals surface area contributed by atoms with Crippen LogP contribution in [-0.4, -0.2) is 25.5 Å². The number of fused-ring (bicyclic) bond motifs is 1. The molecule has 2 aromatic rings. The van der Waals surface area contributed by atoms with E-state index in [1.165, 1.54) is 11.8 Å². The van der Waals surface area contributed by atoms with Gasteiger partial charge in [0, 0.05) is 0 Å². The molecule has 3 rings (SSSR count). The smallest absolute Gasteiger partial charge is 0.277 e. The van der Waals surface area contributed by atoms with Crippen LogP contribution in [0.5, 0.6) is 17.2 Å². The molecule has 0 atom stereocenters. The van der Waals surface area contributed by atoms with Gasteiger partial charge in [-0.3, -0.25) is 4.79 Å². The third kappa shape index (κ3) is 4.04. The van der Waals surface area contributed by atoms with Crippen LogP contribution in [0.2, 0.25) is 0 Å². The highest BCUT2D eigenvalue weighted by Crippen LogP contribution is 2.31. The van der Waals surface area contributed by atoms with E-state index in [-0.39, 0.29) is 19.3 Å². The zero-order chi connectivity index (χ0) is 16.8. The van der Waals surface area contributed by atoms with Crippen molar-refractivity contribution in [2.45, 2.75) is 13.3 Å². The molecule has 124 valence electrons. The van der Waals surface area contributed by atoms with E-state index in [0.717, 1.165) is 12.0 Å². The van der Waals surface area contributed by atoms with Gasteiger partial charge in [0.1, 0.15) is 5.75 Å². The summed E-state index contributed by atoms with van der Waals surface area (Å²) in [6.45, 7) is 2.22. The highest BCUT2D eigenvalue weighted by atomic mass is 16.7. The molecule has 0 fully saturated rings. The van der Waals surface area contributed by atoms with E-state index in [0.29, 0.717) is 17.2 Å². The Bertz CT molecular complexity index is 741. The standard InChI is InChI=1S/C18H18N2O4/c1-2-13-3-6-15(7-4-13)22-11-18(21)20-19-10-14-5-8-16-17(9-14)24-12-23-16/h3-10H,2,11-12H2,1H3,(H,20,21)/b19-10-. The summed E-state index contributed by atoms with van der Waals surface area (Å²) in [5, 5.41) is 3.91. The number of hydrogen-bond acceptors (Lipinski definition) is 5. The van der Waals surface area contributed by atoms with Crippen molar-refractivity contribution in [2.24, 2.45) is 5.10 Å². The van der Waals surface area contributed by atoms with Crippen LogP contribution in [0.15, 0.2) is 47.6 Å². The van der Waals surface area contributed by atoms with Crippen molar-refractivity contribution in [2.75, 3.05) is 13.4 Å². The molecule has 0 unspecified atom stereocenters. The lowest BCUT2D eigenvalue weighted by Gasteiger charge is -2.05. The fourth-order valence-corrected chi connectivity index (χ4v) is 2.17. The Kier molecular flexibility index (Phi) is 4.96. The van der Waals surface area contributed by atoms with E-state index < -0.39 is 0 Å². The average molecular weight is 326 g/mol. The number of nitrogens with one attached hydrogen (secondary N) is 1. The highest BCUT2D eigenvalue weighted by molar-refractivity contribution is 5.83. The average Bonchev–Trinajstić information content (AvgIpc) is 3.08. The third-order valence-electron chi connectivity index (χ3n) is 3.50. The molecule has 0 aliphatic carbocycles. The molecule has 1 amide bonds. The molecule has 6 nitrogen and oxygen atoms in total. The van der Waals surface area contributed by atoms with E-state index in [4.69, 9.17) is 14.2 Å². The van der Waals surface area contributed by atoms with E-state index in [1.807, 2.05) is 30.3 Å². The maximum Gasteiger partial charge on any atom is 0.277 e. The zero-order valence-electron chi connectivity index (χ0n) is 13.3. The normalized spacial score (nSPS) is 12.4. The molecule has 1 aliphatic rings. The van der Waals surface area contributed by atoms with Crippen LogP contribution in [0.3, 0.4) is 0 Å². The van der Waals surface area contributed by atoms with Gasteiger partial charge in [-0.15, -0.1) is 0 Å². The lowest BCUT2D eigenvalue weighted by Crippen LogP contribution is -2.24. The van der Waals surface area contributed by atoms with Crippen molar-refractivity contribution in [1.82, 2.24) is 5.43 Å². The minimum absolute atomic E-state index is 0.0933. The van der Waals surface area contributed by atoms with Crippen LogP contribution in [0.1, 0.15) is 18.1 Å². The molecule has 1 heterocycles. The summed E-state index contributed by atoms with van der Waals surface area (Å²) in [4.78, 5) is 11.7. The summed E-state index contributed by atoms with van der Waals surface area (Å²) in [5.41, 5.74) is 4.45. The van der Waals surface area contributed by atoms with E-state index >= 15 is 0 Å². The SMILES string of the molecule is CCc1ccc(OCC(=O)N/N=C\c2ccc3c(c2)OCO3)cc1. The maximum absolute atomic E-state index is 11.7. The topological polar surface area (TPSA) is 69.2 Å². The van der Waals surface area contributed by atoms with Crippen LogP contribution in [0, 0.1) is 0 Å². The number of hydrogen-bond donors (Lipinski definition) is 1. The number of ether oxygens (including phenoxy) is 3. The highest BCUT2D eigenvalue weighted by Gasteiger charge is 2.12. The molecule has 0 spiro atoms.